The summed E-state index contributed by atoms with van der Waals surface area (Å²) in [5.41, 5.74) is 0.386. The number of likely N-dealkylation sites (tertiary alicyclic amines) is 2. The van der Waals surface area contributed by atoms with Gasteiger partial charge >= 0.3 is 0 Å². The zero-order valence-electron chi connectivity index (χ0n) is 14.4. The lowest BCUT2D eigenvalue weighted by atomic mass is 9.90. The van der Waals surface area contributed by atoms with Crippen LogP contribution in [0.4, 0.5) is 0 Å². The Morgan fingerprint density at radius 1 is 1.29 bits per heavy atom. The zero-order valence-corrected chi connectivity index (χ0v) is 15.2. The van der Waals surface area contributed by atoms with Crippen molar-refractivity contribution in [3.8, 4) is 0 Å². The van der Waals surface area contributed by atoms with Crippen LogP contribution in [0.15, 0.2) is 0 Å². The molecular formula is C17H26N4O2S. The fourth-order valence-electron chi connectivity index (χ4n) is 4.40. The average Bonchev–Trinajstić information content (AvgIpc) is 3.29. The van der Waals surface area contributed by atoms with Crippen molar-refractivity contribution in [2.45, 2.75) is 57.2 Å². The SMILES string of the molecule is Cc1snnc1C(=O)N1CC[C@]2(CCC[C@H](CN3CCCC3)O2)C1. The van der Waals surface area contributed by atoms with Crippen molar-refractivity contribution in [1.82, 2.24) is 19.4 Å². The van der Waals surface area contributed by atoms with E-state index in [2.05, 4.69) is 14.5 Å². The summed E-state index contributed by atoms with van der Waals surface area (Å²) in [6.07, 6.45) is 7.35. The first-order valence-electron chi connectivity index (χ1n) is 9.14. The predicted molar refractivity (Wildman–Crippen MR) is 92.3 cm³/mol. The van der Waals surface area contributed by atoms with Gasteiger partial charge in [-0.3, -0.25) is 4.79 Å². The minimum atomic E-state index is -0.129. The van der Waals surface area contributed by atoms with Gasteiger partial charge in [0.25, 0.3) is 5.91 Å². The molecule has 0 unspecified atom stereocenters. The van der Waals surface area contributed by atoms with Crippen molar-refractivity contribution in [3.05, 3.63) is 10.6 Å². The van der Waals surface area contributed by atoms with Crippen LogP contribution in [0.2, 0.25) is 0 Å². The smallest absolute Gasteiger partial charge is 0.275 e. The first-order valence-corrected chi connectivity index (χ1v) is 9.91. The second kappa shape index (κ2) is 6.69. The van der Waals surface area contributed by atoms with Crippen molar-refractivity contribution in [1.29, 1.82) is 0 Å². The van der Waals surface area contributed by atoms with Gasteiger partial charge in [-0.05, 0) is 70.1 Å². The lowest BCUT2D eigenvalue weighted by Crippen LogP contribution is -2.47. The van der Waals surface area contributed by atoms with Crippen molar-refractivity contribution >= 4 is 17.4 Å². The summed E-state index contributed by atoms with van der Waals surface area (Å²) >= 11 is 1.29. The molecular weight excluding hydrogens is 324 g/mol. The van der Waals surface area contributed by atoms with Gasteiger partial charge in [0.15, 0.2) is 5.69 Å². The second-order valence-corrected chi connectivity index (χ2v) is 8.44. The van der Waals surface area contributed by atoms with Gasteiger partial charge < -0.3 is 14.5 Å². The van der Waals surface area contributed by atoms with Crippen LogP contribution in [-0.4, -0.2) is 69.7 Å². The number of carbonyl (C=O) groups excluding carboxylic acids is 1. The molecule has 0 saturated carbocycles. The number of ether oxygens (including phenoxy) is 1. The first kappa shape index (κ1) is 16.4. The molecule has 3 fully saturated rings. The molecule has 3 aliphatic heterocycles. The standard InChI is InChI=1S/C17H26N4O2S/c1-13-15(18-19-24-13)16(22)21-10-7-17(12-21)6-4-5-14(23-17)11-20-8-2-3-9-20/h14H,2-12H2,1H3/t14-,17-/m1/s1. The van der Waals surface area contributed by atoms with Gasteiger partial charge in [-0.1, -0.05) is 4.49 Å². The summed E-state index contributed by atoms with van der Waals surface area (Å²) in [5, 5.41) is 4.01. The van der Waals surface area contributed by atoms with E-state index in [1.807, 2.05) is 11.8 Å². The van der Waals surface area contributed by atoms with Crippen LogP contribution in [0.3, 0.4) is 0 Å². The van der Waals surface area contributed by atoms with Crippen LogP contribution in [-0.2, 0) is 4.74 Å². The Morgan fingerprint density at radius 2 is 2.12 bits per heavy atom. The van der Waals surface area contributed by atoms with Crippen molar-refractivity contribution in [2.24, 2.45) is 0 Å². The molecule has 0 N–H and O–H groups in total. The van der Waals surface area contributed by atoms with Gasteiger partial charge in [-0.15, -0.1) is 5.10 Å². The van der Waals surface area contributed by atoms with E-state index >= 15 is 0 Å². The first-order chi connectivity index (χ1) is 11.7. The summed E-state index contributed by atoms with van der Waals surface area (Å²) in [5.74, 6) is 0.0170. The zero-order chi connectivity index (χ0) is 16.6. The monoisotopic (exact) mass is 350 g/mol. The summed E-state index contributed by atoms with van der Waals surface area (Å²) in [7, 11) is 0. The van der Waals surface area contributed by atoms with E-state index < -0.39 is 0 Å². The molecule has 0 aromatic carbocycles. The fourth-order valence-corrected chi connectivity index (χ4v) is 4.86. The van der Waals surface area contributed by atoms with E-state index in [4.69, 9.17) is 4.74 Å². The maximum absolute atomic E-state index is 12.7. The molecule has 3 saturated heterocycles. The Morgan fingerprint density at radius 3 is 2.88 bits per heavy atom. The van der Waals surface area contributed by atoms with E-state index in [1.165, 1.54) is 43.9 Å². The predicted octanol–water partition coefficient (Wildman–Crippen LogP) is 2.10. The van der Waals surface area contributed by atoms with Crippen molar-refractivity contribution < 1.29 is 9.53 Å². The summed E-state index contributed by atoms with van der Waals surface area (Å²) in [6, 6.07) is 0. The molecule has 1 spiro atoms. The molecule has 1 aromatic heterocycles. The summed E-state index contributed by atoms with van der Waals surface area (Å²) in [4.78, 5) is 18.0. The number of amides is 1. The normalized spacial score (nSPS) is 31.2. The fraction of sp³-hybridized carbons (Fsp3) is 0.824. The molecule has 4 heterocycles. The highest BCUT2D eigenvalue weighted by atomic mass is 32.1. The van der Waals surface area contributed by atoms with Gasteiger partial charge in [0.05, 0.1) is 23.1 Å². The number of aromatic nitrogens is 2. The molecule has 2 atom stereocenters. The van der Waals surface area contributed by atoms with Crippen LogP contribution < -0.4 is 0 Å². The maximum Gasteiger partial charge on any atom is 0.275 e. The van der Waals surface area contributed by atoms with E-state index in [9.17, 15) is 4.79 Å². The maximum atomic E-state index is 12.7. The Kier molecular flexibility index (Phi) is 4.58. The molecule has 6 nitrogen and oxygen atoms in total. The van der Waals surface area contributed by atoms with Crippen LogP contribution in [0.5, 0.6) is 0 Å². The van der Waals surface area contributed by atoms with Crippen LogP contribution in [0.1, 0.15) is 53.9 Å². The molecule has 0 radical (unpaired) electrons. The van der Waals surface area contributed by atoms with Crippen molar-refractivity contribution in [2.75, 3.05) is 32.7 Å². The molecule has 3 aliphatic rings. The molecule has 0 bridgehead atoms. The number of hydrogen-bond acceptors (Lipinski definition) is 6. The second-order valence-electron chi connectivity index (χ2n) is 7.48. The Balaban J connectivity index is 1.39. The highest BCUT2D eigenvalue weighted by Crippen LogP contribution is 2.37. The lowest BCUT2D eigenvalue weighted by molar-refractivity contribution is -0.126. The Labute approximate surface area is 147 Å². The van der Waals surface area contributed by atoms with E-state index in [-0.39, 0.29) is 11.5 Å². The van der Waals surface area contributed by atoms with Gasteiger partial charge in [-0.2, -0.15) is 0 Å². The molecule has 1 aromatic rings. The van der Waals surface area contributed by atoms with Gasteiger partial charge in [0.2, 0.25) is 0 Å². The average molecular weight is 350 g/mol. The van der Waals surface area contributed by atoms with E-state index in [0.717, 1.165) is 37.2 Å². The lowest BCUT2D eigenvalue weighted by Gasteiger charge is -2.39. The van der Waals surface area contributed by atoms with E-state index in [0.29, 0.717) is 18.3 Å². The third-order valence-electron chi connectivity index (χ3n) is 5.69. The third kappa shape index (κ3) is 3.21. The molecule has 0 aliphatic carbocycles. The Bertz CT molecular complexity index is 601. The van der Waals surface area contributed by atoms with Crippen LogP contribution in [0, 0.1) is 6.92 Å². The topological polar surface area (TPSA) is 58.6 Å². The number of hydrogen-bond donors (Lipinski definition) is 0. The Hall–Kier alpha value is -1.05. The third-order valence-corrected chi connectivity index (χ3v) is 6.32. The number of aryl methyl sites for hydroxylation is 1. The number of rotatable bonds is 3. The van der Waals surface area contributed by atoms with Crippen molar-refractivity contribution in [3.63, 3.8) is 0 Å². The van der Waals surface area contributed by atoms with Crippen LogP contribution in [0.25, 0.3) is 0 Å². The minimum Gasteiger partial charge on any atom is -0.369 e. The highest BCUT2D eigenvalue weighted by molar-refractivity contribution is 7.05. The molecule has 7 heteroatoms. The van der Waals surface area contributed by atoms with Crippen LogP contribution >= 0.6 is 11.5 Å². The number of nitrogens with zero attached hydrogens (tertiary/aromatic N) is 4. The minimum absolute atomic E-state index is 0.0170. The van der Waals surface area contributed by atoms with Gasteiger partial charge in [0.1, 0.15) is 0 Å². The molecule has 24 heavy (non-hydrogen) atoms. The number of carbonyl (C=O) groups is 1. The van der Waals surface area contributed by atoms with Gasteiger partial charge in [0, 0.05) is 13.1 Å². The van der Waals surface area contributed by atoms with E-state index in [1.54, 1.807) is 0 Å². The highest BCUT2D eigenvalue weighted by Gasteiger charge is 2.45. The summed E-state index contributed by atoms with van der Waals surface area (Å²) in [6.45, 7) is 6.88. The van der Waals surface area contributed by atoms with Gasteiger partial charge in [-0.25, -0.2) is 0 Å². The quantitative estimate of drug-likeness (QED) is 0.835. The molecule has 1 amide bonds. The summed E-state index contributed by atoms with van der Waals surface area (Å²) < 4.78 is 10.5. The molecule has 132 valence electrons. The molecule has 4 rings (SSSR count). The largest absolute Gasteiger partial charge is 0.369 e.